The highest BCUT2D eigenvalue weighted by Gasteiger charge is 2.31. The average Bonchev–Trinajstić information content (AvgIpc) is 2.56. The second-order valence-corrected chi connectivity index (χ2v) is 8.60. The maximum atomic E-state index is 12.2. The fourth-order valence-corrected chi connectivity index (χ4v) is 4.62. The van der Waals surface area contributed by atoms with E-state index >= 15 is 0 Å². The molecule has 1 fully saturated rings. The molecule has 1 heterocycles. The molecule has 7 nitrogen and oxygen atoms in total. The molecule has 0 unspecified atom stereocenters. The number of aliphatic imine (C=N–C) groups is 1. The van der Waals surface area contributed by atoms with Gasteiger partial charge in [-0.1, -0.05) is 0 Å². The Balaban J connectivity index is 1.84. The van der Waals surface area contributed by atoms with Gasteiger partial charge in [-0.2, -0.15) is 11.8 Å². The number of nitrogens with zero attached hydrogens (tertiary/aromatic N) is 2. The average molecular weight is 412 g/mol. The molecule has 3 N–H and O–H groups in total. The topological polar surface area (TPSA) is 97.0 Å². The van der Waals surface area contributed by atoms with Crippen LogP contribution in [0.4, 0.5) is 18.9 Å². The molecule has 1 saturated heterocycles. The zero-order valence-electron chi connectivity index (χ0n) is 13.7. The van der Waals surface area contributed by atoms with Crippen LogP contribution in [0.1, 0.15) is 0 Å². The van der Waals surface area contributed by atoms with Crippen molar-refractivity contribution in [3.63, 3.8) is 0 Å². The Morgan fingerprint density at radius 2 is 1.88 bits per heavy atom. The lowest BCUT2D eigenvalue weighted by Gasteiger charge is -2.25. The minimum atomic E-state index is -4.76. The molecule has 0 atom stereocenters. The molecule has 0 spiro atoms. The number of thioether (sulfide) groups is 1. The number of rotatable bonds is 6. The van der Waals surface area contributed by atoms with E-state index in [0.29, 0.717) is 18.8 Å². The molecule has 0 bridgehead atoms. The Bertz CT molecular complexity index is 718. The Hall–Kier alpha value is -1.66. The van der Waals surface area contributed by atoms with E-state index in [2.05, 4.69) is 15.0 Å². The molecule has 1 aromatic carbocycles. The summed E-state index contributed by atoms with van der Waals surface area (Å²) in [6.45, 7) is 0.980. The van der Waals surface area contributed by atoms with Crippen molar-refractivity contribution >= 4 is 33.4 Å². The first-order valence-corrected chi connectivity index (χ1v) is 10.4. The monoisotopic (exact) mass is 412 g/mol. The summed E-state index contributed by atoms with van der Waals surface area (Å²) in [4.78, 5) is 3.94. The van der Waals surface area contributed by atoms with Crippen molar-refractivity contribution in [3.05, 3.63) is 24.3 Å². The summed E-state index contributed by atoms with van der Waals surface area (Å²) < 4.78 is 65.8. The minimum Gasteiger partial charge on any atom is -0.406 e. The fourth-order valence-electron chi connectivity index (χ4n) is 2.16. The van der Waals surface area contributed by atoms with Crippen LogP contribution >= 0.6 is 11.8 Å². The Morgan fingerprint density at radius 3 is 2.46 bits per heavy atom. The lowest BCUT2D eigenvalue weighted by atomic mass is 10.3. The van der Waals surface area contributed by atoms with Crippen molar-refractivity contribution in [2.45, 2.75) is 6.36 Å². The number of nitrogens with two attached hydrogens (primary N) is 1. The largest absolute Gasteiger partial charge is 0.573 e. The Morgan fingerprint density at radius 1 is 1.27 bits per heavy atom. The summed E-state index contributed by atoms with van der Waals surface area (Å²) in [7, 11) is -3.37. The van der Waals surface area contributed by atoms with Gasteiger partial charge in [0, 0.05) is 30.3 Å². The number of halogens is 3. The number of alkyl halides is 3. The maximum Gasteiger partial charge on any atom is 0.573 e. The predicted molar refractivity (Wildman–Crippen MR) is 95.9 cm³/mol. The van der Waals surface area contributed by atoms with E-state index in [0.717, 1.165) is 23.6 Å². The number of nitrogens with one attached hydrogen (secondary N) is 1. The van der Waals surface area contributed by atoms with Gasteiger partial charge in [-0.15, -0.1) is 13.2 Å². The number of benzene rings is 1. The van der Waals surface area contributed by atoms with E-state index in [9.17, 15) is 21.6 Å². The van der Waals surface area contributed by atoms with Crippen LogP contribution in [0.2, 0.25) is 0 Å². The van der Waals surface area contributed by atoms with Crippen molar-refractivity contribution < 1.29 is 26.3 Å². The zero-order valence-corrected chi connectivity index (χ0v) is 15.3. The SMILES string of the molecule is NC(=NCCS(=O)(=O)N1CCSCC1)Nc1ccc(OC(F)(F)F)cc1. The first-order valence-electron chi connectivity index (χ1n) is 7.64. The van der Waals surface area contributed by atoms with Gasteiger partial charge in [0.05, 0.1) is 12.3 Å². The molecular formula is C14H19F3N4O3S2. The van der Waals surface area contributed by atoms with E-state index in [1.54, 1.807) is 11.8 Å². The summed E-state index contributed by atoms with van der Waals surface area (Å²) in [6, 6.07) is 4.93. The van der Waals surface area contributed by atoms with Crippen molar-refractivity contribution in [1.82, 2.24) is 4.31 Å². The molecule has 0 amide bonds. The van der Waals surface area contributed by atoms with Gasteiger partial charge in [0.1, 0.15) is 5.75 Å². The van der Waals surface area contributed by atoms with Crippen molar-refractivity contribution in [2.75, 3.05) is 42.2 Å². The fraction of sp³-hybridized carbons (Fsp3) is 0.500. The number of ether oxygens (including phenoxy) is 1. The van der Waals surface area contributed by atoms with Crippen LogP contribution < -0.4 is 15.8 Å². The lowest BCUT2D eigenvalue weighted by Crippen LogP contribution is -2.40. The van der Waals surface area contributed by atoms with Gasteiger partial charge in [0.25, 0.3) is 0 Å². The quantitative estimate of drug-likeness (QED) is 0.545. The van der Waals surface area contributed by atoms with Crippen LogP contribution in [0.3, 0.4) is 0 Å². The summed E-state index contributed by atoms with van der Waals surface area (Å²) in [5, 5.41) is 2.68. The standard InChI is InChI=1S/C14H19F3N4O3S2/c15-14(16,17)24-12-3-1-11(2-4-12)20-13(18)19-5-10-26(22,23)21-6-8-25-9-7-21/h1-4H,5-10H2,(H3,18,19,20). The molecule has 146 valence electrons. The Labute approximate surface area is 153 Å². The highest BCUT2D eigenvalue weighted by atomic mass is 32.2. The van der Waals surface area contributed by atoms with E-state index < -0.39 is 16.4 Å². The van der Waals surface area contributed by atoms with Crippen LogP contribution in [0.15, 0.2) is 29.3 Å². The first kappa shape index (κ1) is 20.6. The molecule has 0 aromatic heterocycles. The molecule has 1 aliphatic heterocycles. The van der Waals surface area contributed by atoms with E-state index in [1.807, 2.05) is 0 Å². The van der Waals surface area contributed by atoms with Gasteiger partial charge >= 0.3 is 6.36 Å². The first-order chi connectivity index (χ1) is 12.2. The van der Waals surface area contributed by atoms with E-state index in [4.69, 9.17) is 5.73 Å². The second kappa shape index (κ2) is 8.82. The highest BCUT2D eigenvalue weighted by Crippen LogP contribution is 2.23. The molecule has 0 aliphatic carbocycles. The second-order valence-electron chi connectivity index (χ2n) is 5.29. The lowest BCUT2D eigenvalue weighted by molar-refractivity contribution is -0.274. The molecule has 1 aromatic rings. The summed E-state index contributed by atoms with van der Waals surface area (Å²) in [5.74, 6) is 1.02. The number of hydrogen-bond donors (Lipinski definition) is 2. The van der Waals surface area contributed by atoms with Crippen LogP contribution in [0.5, 0.6) is 5.75 Å². The molecule has 1 aliphatic rings. The van der Waals surface area contributed by atoms with Gasteiger partial charge < -0.3 is 15.8 Å². The van der Waals surface area contributed by atoms with Crippen molar-refractivity contribution in [3.8, 4) is 5.75 Å². The normalized spacial score (nSPS) is 17.1. The van der Waals surface area contributed by atoms with E-state index in [-0.39, 0.29) is 24.0 Å². The van der Waals surface area contributed by atoms with Gasteiger partial charge in [0.15, 0.2) is 5.96 Å². The van der Waals surface area contributed by atoms with Crippen LogP contribution in [-0.2, 0) is 10.0 Å². The van der Waals surface area contributed by atoms with Crippen LogP contribution in [-0.4, -0.2) is 61.9 Å². The zero-order chi connectivity index (χ0) is 19.2. The van der Waals surface area contributed by atoms with Crippen LogP contribution in [0.25, 0.3) is 0 Å². The number of anilines is 1. The Kier molecular flexibility index (Phi) is 7.01. The highest BCUT2D eigenvalue weighted by molar-refractivity contribution is 7.99. The predicted octanol–water partition coefficient (Wildman–Crippen LogP) is 1.69. The van der Waals surface area contributed by atoms with Gasteiger partial charge in [-0.25, -0.2) is 12.7 Å². The smallest absolute Gasteiger partial charge is 0.406 e. The van der Waals surface area contributed by atoms with Crippen LogP contribution in [0, 0.1) is 0 Å². The number of sulfonamides is 1. The summed E-state index contributed by atoms with van der Waals surface area (Å²) in [6.07, 6.45) is -4.76. The third kappa shape index (κ3) is 6.92. The summed E-state index contributed by atoms with van der Waals surface area (Å²) >= 11 is 1.71. The molecular weight excluding hydrogens is 393 g/mol. The number of guanidine groups is 1. The van der Waals surface area contributed by atoms with Crippen molar-refractivity contribution in [1.29, 1.82) is 0 Å². The summed E-state index contributed by atoms with van der Waals surface area (Å²) in [5.41, 5.74) is 6.07. The van der Waals surface area contributed by atoms with E-state index in [1.165, 1.54) is 16.4 Å². The minimum absolute atomic E-state index is 0.0138. The molecule has 26 heavy (non-hydrogen) atoms. The molecule has 0 radical (unpaired) electrons. The molecule has 12 heteroatoms. The van der Waals surface area contributed by atoms with Gasteiger partial charge in [-0.05, 0) is 24.3 Å². The van der Waals surface area contributed by atoms with Gasteiger partial charge in [0.2, 0.25) is 10.0 Å². The van der Waals surface area contributed by atoms with Crippen molar-refractivity contribution in [2.24, 2.45) is 10.7 Å². The molecule has 0 saturated carbocycles. The maximum absolute atomic E-state index is 12.2. The van der Waals surface area contributed by atoms with Gasteiger partial charge in [-0.3, -0.25) is 4.99 Å². The molecule has 2 rings (SSSR count). The number of hydrogen-bond acceptors (Lipinski definition) is 5. The third-order valence-corrected chi connectivity index (χ3v) is 6.15. The third-order valence-electron chi connectivity index (χ3n) is 3.36.